The average molecular weight is 495 g/mol. The van der Waals surface area contributed by atoms with Crippen molar-refractivity contribution in [2.45, 2.75) is 90.0 Å². The van der Waals surface area contributed by atoms with Gasteiger partial charge in [-0.05, 0) is 85.8 Å². The molecule has 6 rings (SSSR count). The first-order valence-electron chi connectivity index (χ1n) is 13.8. The molecule has 4 nitrogen and oxygen atoms in total. The molecule has 1 aromatic rings. The number of likely N-dealkylation sites (tertiary alicyclic amines) is 1. The molecule has 2 amide bonds. The third kappa shape index (κ3) is 3.69. The van der Waals surface area contributed by atoms with Gasteiger partial charge in [-0.25, -0.2) is 4.79 Å². The molecular weight excluding hydrogens is 456 g/mol. The number of hydrogen-bond donors (Lipinski definition) is 1. The van der Waals surface area contributed by atoms with Crippen molar-refractivity contribution in [3.63, 3.8) is 0 Å². The second kappa shape index (κ2) is 8.36. The van der Waals surface area contributed by atoms with Crippen LogP contribution in [0.15, 0.2) is 36.0 Å². The molecule has 1 heterocycles. The van der Waals surface area contributed by atoms with E-state index in [1.54, 1.807) is 0 Å². The number of allylic oxidation sites excluding steroid dienone is 2. The van der Waals surface area contributed by atoms with Crippen molar-refractivity contribution in [1.29, 1.82) is 0 Å². The number of nitrogens with one attached hydrogen (secondary N) is 1. The lowest BCUT2D eigenvalue weighted by Gasteiger charge is -2.59. The number of amides is 2. The molecule has 0 bridgehead atoms. The Bertz CT molecular complexity index is 1060. The molecule has 188 valence electrons. The van der Waals surface area contributed by atoms with Gasteiger partial charge < -0.3 is 5.32 Å². The lowest BCUT2D eigenvalue weighted by atomic mass is 9.50. The van der Waals surface area contributed by atoms with E-state index in [1.165, 1.54) is 32.1 Å². The Morgan fingerprint density at radius 1 is 0.971 bits per heavy atom. The van der Waals surface area contributed by atoms with Gasteiger partial charge in [0.15, 0.2) is 5.78 Å². The van der Waals surface area contributed by atoms with E-state index >= 15 is 0 Å². The zero-order valence-electron chi connectivity index (χ0n) is 21.2. The molecule has 1 aliphatic heterocycles. The molecular formula is C30H39ClN2O2. The molecule has 0 spiro atoms. The number of carbonyl (C=O) groups is 2. The maximum Gasteiger partial charge on any atom is 0.322 e. The molecule has 35 heavy (non-hydrogen) atoms. The van der Waals surface area contributed by atoms with E-state index < -0.39 is 0 Å². The van der Waals surface area contributed by atoms with E-state index in [1.807, 2.05) is 23.1 Å². The summed E-state index contributed by atoms with van der Waals surface area (Å²) in [5, 5.41) is 4.24. The Labute approximate surface area is 214 Å². The SMILES string of the molecule is C[C@@]12CCC[C@H]1[C@@H]1CN(C(=O)NC3(c4ccc(Cl)cc4)CCCC3)C3=CC(=O)CC[C@]3(C)[C@H]1CC2. The minimum atomic E-state index is -0.359. The van der Waals surface area contributed by atoms with E-state index in [4.69, 9.17) is 11.6 Å². The standard InChI is InChI=1S/C30H39ClN2O2/c1-28-13-5-6-24(28)23-19-33(26-18-22(34)11-17-29(26,2)25(23)12-16-28)27(35)32-30(14-3-4-15-30)20-7-9-21(31)10-8-20/h7-10,18,23-25H,3-6,11-17,19H2,1-2H3,(H,32,35)/t23-,24-,25-,28-,29+/m0/s1. The molecule has 3 saturated carbocycles. The summed E-state index contributed by atoms with van der Waals surface area (Å²) in [7, 11) is 0. The Morgan fingerprint density at radius 2 is 1.71 bits per heavy atom. The highest BCUT2D eigenvalue weighted by Crippen LogP contribution is 2.64. The number of fused-ring (bicyclic) bond motifs is 5. The van der Waals surface area contributed by atoms with Crippen LogP contribution in [0.2, 0.25) is 5.02 Å². The van der Waals surface area contributed by atoms with Gasteiger partial charge in [0.2, 0.25) is 0 Å². The van der Waals surface area contributed by atoms with Gasteiger partial charge in [0.1, 0.15) is 0 Å². The number of nitrogens with zero attached hydrogens (tertiary/aromatic N) is 1. The molecule has 0 aromatic heterocycles. The number of hydrogen-bond acceptors (Lipinski definition) is 2. The first kappa shape index (κ1) is 23.6. The maximum atomic E-state index is 14.2. The van der Waals surface area contributed by atoms with Crippen molar-refractivity contribution in [2.24, 2.45) is 28.6 Å². The Morgan fingerprint density at radius 3 is 2.46 bits per heavy atom. The van der Waals surface area contributed by atoms with Gasteiger partial charge in [-0.1, -0.05) is 56.8 Å². The number of ketones is 1. The summed E-state index contributed by atoms with van der Waals surface area (Å²) >= 11 is 6.18. The van der Waals surface area contributed by atoms with E-state index in [2.05, 4.69) is 31.3 Å². The number of rotatable bonds is 2. The van der Waals surface area contributed by atoms with E-state index in [0.717, 1.165) is 49.9 Å². The van der Waals surface area contributed by atoms with Gasteiger partial charge in [-0.3, -0.25) is 9.69 Å². The zero-order chi connectivity index (χ0) is 24.4. The number of urea groups is 1. The van der Waals surface area contributed by atoms with Crippen LogP contribution in [-0.4, -0.2) is 23.3 Å². The quantitative estimate of drug-likeness (QED) is 0.471. The number of halogens is 1. The minimum Gasteiger partial charge on any atom is -0.328 e. The Kier molecular flexibility index (Phi) is 5.63. The fourth-order valence-corrected chi connectivity index (χ4v) is 9.12. The third-order valence-corrected chi connectivity index (χ3v) is 11.2. The molecule has 5 atom stereocenters. The molecule has 5 heteroatoms. The van der Waals surface area contributed by atoms with E-state index in [-0.39, 0.29) is 22.8 Å². The van der Waals surface area contributed by atoms with Gasteiger partial charge in [0.25, 0.3) is 0 Å². The Balaban J connectivity index is 1.36. The third-order valence-electron chi connectivity index (χ3n) is 10.9. The van der Waals surface area contributed by atoms with Crippen LogP contribution in [0.5, 0.6) is 0 Å². The second-order valence-corrected chi connectivity index (χ2v) is 13.1. The molecule has 4 aliphatic carbocycles. The van der Waals surface area contributed by atoms with E-state index in [0.29, 0.717) is 34.6 Å². The van der Waals surface area contributed by atoms with Crippen LogP contribution < -0.4 is 5.32 Å². The lowest BCUT2D eigenvalue weighted by Crippen LogP contribution is -2.61. The fourth-order valence-electron chi connectivity index (χ4n) is 9.00. The average Bonchev–Trinajstić information content (AvgIpc) is 3.46. The van der Waals surface area contributed by atoms with Crippen LogP contribution in [0.25, 0.3) is 0 Å². The maximum absolute atomic E-state index is 14.2. The monoisotopic (exact) mass is 494 g/mol. The van der Waals surface area contributed by atoms with Gasteiger partial charge in [0.05, 0.1) is 5.54 Å². The van der Waals surface area contributed by atoms with Crippen LogP contribution in [0.4, 0.5) is 4.79 Å². The highest BCUT2D eigenvalue weighted by Gasteiger charge is 2.59. The van der Waals surface area contributed by atoms with Crippen LogP contribution in [-0.2, 0) is 10.3 Å². The van der Waals surface area contributed by atoms with Crippen LogP contribution in [0.3, 0.4) is 0 Å². The summed E-state index contributed by atoms with van der Waals surface area (Å²) in [6, 6.07) is 7.98. The molecule has 1 aromatic carbocycles. The van der Waals surface area contributed by atoms with Gasteiger partial charge in [-0.2, -0.15) is 0 Å². The molecule has 0 radical (unpaired) electrons. The van der Waals surface area contributed by atoms with Crippen molar-refractivity contribution in [3.8, 4) is 0 Å². The molecule has 4 fully saturated rings. The summed E-state index contributed by atoms with van der Waals surface area (Å²) in [4.78, 5) is 28.8. The predicted molar refractivity (Wildman–Crippen MR) is 139 cm³/mol. The summed E-state index contributed by atoms with van der Waals surface area (Å²) in [6.07, 6.45) is 13.8. The van der Waals surface area contributed by atoms with Crippen molar-refractivity contribution < 1.29 is 9.59 Å². The van der Waals surface area contributed by atoms with Gasteiger partial charge in [-0.15, -0.1) is 0 Å². The van der Waals surface area contributed by atoms with Gasteiger partial charge in [0, 0.05) is 35.2 Å². The molecule has 1 N–H and O–H groups in total. The van der Waals surface area contributed by atoms with Crippen molar-refractivity contribution in [2.75, 3.05) is 6.54 Å². The predicted octanol–water partition coefficient (Wildman–Crippen LogP) is 7.22. The van der Waals surface area contributed by atoms with Crippen LogP contribution >= 0.6 is 11.6 Å². The summed E-state index contributed by atoms with van der Waals surface area (Å²) in [6.45, 7) is 5.60. The number of carbonyl (C=O) groups excluding carboxylic acids is 2. The first-order chi connectivity index (χ1) is 16.7. The Hall–Kier alpha value is -1.81. The summed E-state index contributed by atoms with van der Waals surface area (Å²) in [5.41, 5.74) is 2.09. The van der Waals surface area contributed by atoms with Crippen molar-refractivity contribution in [3.05, 3.63) is 46.6 Å². The summed E-state index contributed by atoms with van der Waals surface area (Å²) in [5.74, 6) is 1.94. The van der Waals surface area contributed by atoms with Crippen molar-refractivity contribution in [1.82, 2.24) is 10.2 Å². The summed E-state index contributed by atoms with van der Waals surface area (Å²) < 4.78 is 0. The largest absolute Gasteiger partial charge is 0.328 e. The normalized spacial score (nSPS) is 37.8. The molecule has 1 saturated heterocycles. The highest BCUT2D eigenvalue weighted by atomic mass is 35.5. The molecule has 0 unspecified atom stereocenters. The minimum absolute atomic E-state index is 0.0160. The first-order valence-corrected chi connectivity index (χ1v) is 14.2. The van der Waals surface area contributed by atoms with Crippen LogP contribution in [0, 0.1) is 28.6 Å². The molecule has 5 aliphatic rings. The number of piperidine rings is 1. The van der Waals surface area contributed by atoms with Crippen LogP contribution in [0.1, 0.15) is 90.0 Å². The lowest BCUT2D eigenvalue weighted by molar-refractivity contribution is -0.118. The second-order valence-electron chi connectivity index (χ2n) is 12.7. The zero-order valence-corrected chi connectivity index (χ0v) is 22.0. The topological polar surface area (TPSA) is 49.4 Å². The fraction of sp³-hybridized carbons (Fsp3) is 0.667. The highest BCUT2D eigenvalue weighted by molar-refractivity contribution is 6.30. The van der Waals surface area contributed by atoms with Gasteiger partial charge >= 0.3 is 6.03 Å². The smallest absolute Gasteiger partial charge is 0.322 e. The number of benzene rings is 1. The van der Waals surface area contributed by atoms with Crippen molar-refractivity contribution >= 4 is 23.4 Å². The van der Waals surface area contributed by atoms with E-state index in [9.17, 15) is 9.59 Å².